The van der Waals surface area contributed by atoms with Crippen molar-refractivity contribution < 1.29 is 303 Å². The van der Waals surface area contributed by atoms with Crippen LogP contribution in [0.3, 0.4) is 0 Å². The van der Waals surface area contributed by atoms with Crippen molar-refractivity contribution >= 4 is 178 Å². The van der Waals surface area contributed by atoms with Crippen LogP contribution in [0, 0.1) is 0 Å². The molecule has 72 nitrogen and oxygen atoms in total. The highest BCUT2D eigenvalue weighted by Gasteiger charge is 2.60. The standard InChI is InChI=1S/C33H62N2O70S16/c36-30(26(102-118(74,75)76)22(98-114(62,63)64)18(16(94-110(50,51)52)12-88-108(44,45)46)92-32-28(104-120(80,81)82)24(100-116(68,69)70)20(96-112(56,57)58)14(90-32)10-86-106(38,39)40)34-8-6-4-2-1-3-5-7-9-35-31(37)27(103-119(77,78)79)23(99-115(65,66)67)19(17(95-111(53,54)55)13-89-109(47,48)49)93-33-29(105-121(83,84)85)25(101-117(71,72)73)21(97-113(59,60)61)15(91-33)11-87-107(41,42)43/h14-29,32-33H,1-13H2,(H,34,36)(H,35,37)(H,38,39,40)(H,41,42,43)(H,44,45,46)(H,47,48,49)(H,50,51,52)(H,53,54,55)(H,56,57,58)(H,59,60,61)(H,62,63,64)(H,65,66,67)(H,68,69,70)(H,71,72,73)(H,74,75,76)(H,77,78,79)(H,80,81,82)(H,83,84,85)/t14-,15-,16-,17-,18-,19-,20+,21+,22+,23+,24+,25+,26-,27-,28-,29-,32+,33+/m1/s1. The van der Waals surface area contributed by atoms with Gasteiger partial charge in [0.25, 0.3) is 11.8 Å². The largest absolute Gasteiger partial charge is 0.398 e. The van der Waals surface area contributed by atoms with E-state index in [9.17, 15) is 217 Å². The van der Waals surface area contributed by atoms with E-state index in [1.165, 1.54) is 0 Å². The molecule has 720 valence electrons. The molecule has 0 radical (unpaired) electrons. The lowest BCUT2D eigenvalue weighted by molar-refractivity contribution is -0.312. The summed E-state index contributed by atoms with van der Waals surface area (Å²) >= 11 is 0. The van der Waals surface area contributed by atoms with Crippen LogP contribution < -0.4 is 10.6 Å². The van der Waals surface area contributed by atoms with Crippen LogP contribution in [0.25, 0.3) is 0 Å². The second-order valence-corrected chi connectivity index (χ2v) is 39.1. The van der Waals surface area contributed by atoms with E-state index in [1.807, 2.05) is 0 Å². The van der Waals surface area contributed by atoms with Crippen LogP contribution in [0.15, 0.2) is 0 Å². The molecule has 0 bridgehead atoms. The van der Waals surface area contributed by atoms with Gasteiger partial charge in [-0.1, -0.05) is 32.1 Å². The molecule has 0 spiro atoms. The zero-order valence-corrected chi connectivity index (χ0v) is 70.4. The third-order valence-electron chi connectivity index (χ3n) is 13.0. The van der Waals surface area contributed by atoms with Crippen LogP contribution in [-0.2, 0) is 262 Å². The maximum Gasteiger partial charge on any atom is 0.398 e. The van der Waals surface area contributed by atoms with Crippen molar-refractivity contribution in [3.63, 3.8) is 0 Å². The minimum atomic E-state index is -6.72. The molecular weight excluding hydrogens is 2060 g/mol. The van der Waals surface area contributed by atoms with E-state index in [0.717, 1.165) is 0 Å². The van der Waals surface area contributed by atoms with Gasteiger partial charge in [0.2, 0.25) is 0 Å². The molecular formula is C33H62N2O70S16. The molecule has 0 aromatic rings. The number of hydrogen-bond donors (Lipinski definition) is 18. The Kier molecular flexibility index (Phi) is 41.7. The minimum Gasteiger partial charge on any atom is -0.354 e. The first-order valence-electron chi connectivity index (χ1n) is 29.3. The van der Waals surface area contributed by atoms with Crippen molar-refractivity contribution in [3.05, 3.63) is 0 Å². The quantitative estimate of drug-likeness (QED) is 0.0199. The highest BCUT2D eigenvalue weighted by atomic mass is 32.3. The number of carbonyl (C=O) groups excluding carboxylic acids is 2. The number of nitrogens with one attached hydrogen (secondary N) is 2. The number of amides is 2. The number of rotatable bonds is 58. The monoisotopic (exact) mass is 2120 g/mol. The van der Waals surface area contributed by atoms with Gasteiger partial charge in [0, 0.05) is 13.1 Å². The molecule has 2 rings (SSSR count). The van der Waals surface area contributed by atoms with Gasteiger partial charge in [-0.25, -0.2) is 66.9 Å². The SMILES string of the molecule is O=C(NCCCCCCCCCNC(=O)[C@H](OS(=O)(=O)O)[C@@H](OS(=O)(=O)O)[C@H](O[C@@H]1O[C@H](COS(=O)(=O)O)[C@H](OS(=O)(=O)O)[C@H](OS(=O)(=O)O)[C@H]1OS(=O)(=O)O)[C@@H](COS(=O)(=O)O)OS(=O)(=O)O)[C@H](OS(=O)(=O)O)[C@@H](OS(=O)(=O)O)[C@H](O[C@@H]1O[C@H](COS(=O)(=O)O)[C@H](OS(=O)(=O)O)[C@H](OS(=O)(=O)O)[C@H]1OS(=O)(=O)O)[C@@H](COS(=O)(=O)O)OS(=O)(=O)O. The molecule has 2 fully saturated rings. The first-order chi connectivity index (χ1) is 53.8. The van der Waals surface area contributed by atoms with Crippen LogP contribution in [-0.4, -0.2) is 369 Å². The van der Waals surface area contributed by atoms with Gasteiger partial charge in [-0.05, 0) is 12.8 Å². The van der Waals surface area contributed by atoms with Crippen molar-refractivity contribution in [2.24, 2.45) is 0 Å². The summed E-state index contributed by atoms with van der Waals surface area (Å²) < 4.78 is 628. The van der Waals surface area contributed by atoms with Crippen LogP contribution in [0.5, 0.6) is 0 Å². The van der Waals surface area contributed by atoms with Gasteiger partial charge in [-0.2, -0.15) is 135 Å². The molecule has 18 N–H and O–H groups in total. The highest BCUT2D eigenvalue weighted by Crippen LogP contribution is 2.38. The fraction of sp³-hybridized carbons (Fsp3) is 0.939. The van der Waals surface area contributed by atoms with Gasteiger partial charge in [0.1, 0.15) is 73.2 Å². The van der Waals surface area contributed by atoms with Crippen LogP contribution in [0.1, 0.15) is 44.9 Å². The molecule has 0 saturated carbocycles. The third-order valence-corrected chi connectivity index (χ3v) is 20.4. The van der Waals surface area contributed by atoms with Gasteiger partial charge < -0.3 is 29.6 Å². The maximum atomic E-state index is 14.0. The summed E-state index contributed by atoms with van der Waals surface area (Å²) in [5, 5.41) is 3.37. The maximum absolute atomic E-state index is 14.0. The Morgan fingerprint density at radius 2 is 0.479 bits per heavy atom. The van der Waals surface area contributed by atoms with E-state index in [1.54, 1.807) is 10.6 Å². The van der Waals surface area contributed by atoms with Gasteiger partial charge in [-0.3, -0.25) is 82.4 Å². The Labute approximate surface area is 682 Å². The summed E-state index contributed by atoms with van der Waals surface area (Å²) in [6.45, 7) is -11.5. The lowest BCUT2D eigenvalue weighted by Crippen LogP contribution is -2.65. The Hall–Kier alpha value is -3.30. The summed E-state index contributed by atoms with van der Waals surface area (Å²) in [5.74, 6) is -4.73. The molecule has 121 heavy (non-hydrogen) atoms. The second kappa shape index (κ2) is 44.3. The van der Waals surface area contributed by atoms with E-state index < -0.39 is 341 Å². The number of unbranched alkanes of at least 4 members (excludes halogenated alkanes) is 6. The minimum absolute atomic E-state index is 0.112. The van der Waals surface area contributed by atoms with Crippen molar-refractivity contribution in [1.82, 2.24) is 10.6 Å². The topological polar surface area (TPSA) is 1110 Å². The molecule has 88 heteroatoms. The smallest absolute Gasteiger partial charge is 0.354 e. The average molecular weight is 2120 g/mol. The lowest BCUT2D eigenvalue weighted by Gasteiger charge is -2.45. The summed E-state index contributed by atoms with van der Waals surface area (Å²) in [7, 11) is -103. The Bertz CT molecular complexity index is 5150. The first kappa shape index (κ1) is 114. The third kappa shape index (κ3) is 50.3. The van der Waals surface area contributed by atoms with Crippen molar-refractivity contribution in [3.8, 4) is 0 Å². The van der Waals surface area contributed by atoms with Gasteiger partial charge in [0.05, 0.1) is 26.4 Å². The normalized spacial score (nSPS) is 23.7. The van der Waals surface area contributed by atoms with Crippen LogP contribution >= 0.6 is 0 Å². The summed E-state index contributed by atoms with van der Waals surface area (Å²) in [6.07, 6.45) is -69.3. The van der Waals surface area contributed by atoms with Gasteiger partial charge >= 0.3 is 166 Å². The van der Waals surface area contributed by atoms with Crippen molar-refractivity contribution in [2.45, 2.75) is 155 Å². The molecule has 18 atom stereocenters. The van der Waals surface area contributed by atoms with E-state index in [0.29, 0.717) is 0 Å². The van der Waals surface area contributed by atoms with Crippen LogP contribution in [0.2, 0.25) is 0 Å². The Balaban J connectivity index is 2.80. The van der Waals surface area contributed by atoms with E-state index in [4.69, 9.17) is 18.9 Å². The zero-order valence-electron chi connectivity index (χ0n) is 57.3. The Morgan fingerprint density at radius 3 is 0.702 bits per heavy atom. The molecule has 2 heterocycles. The van der Waals surface area contributed by atoms with E-state index in [-0.39, 0.29) is 32.1 Å². The zero-order chi connectivity index (χ0) is 94.3. The number of ether oxygens (including phenoxy) is 4. The van der Waals surface area contributed by atoms with Gasteiger partial charge in [0.15, 0.2) is 37.0 Å². The van der Waals surface area contributed by atoms with E-state index >= 15 is 0 Å². The summed E-state index contributed by atoms with van der Waals surface area (Å²) in [5.41, 5.74) is 0. The predicted octanol–water partition coefficient (Wildman–Crippen LogP) is -12.3. The fourth-order valence-electron chi connectivity index (χ4n) is 9.44. The van der Waals surface area contributed by atoms with Crippen LogP contribution in [0.4, 0.5) is 0 Å². The lowest BCUT2D eigenvalue weighted by atomic mass is 9.98. The number of hydrogen-bond acceptors (Lipinski definition) is 54. The molecule has 0 unspecified atom stereocenters. The van der Waals surface area contributed by atoms with E-state index in [2.05, 4.69) is 66.9 Å². The second-order valence-electron chi connectivity index (χ2n) is 22.1. The summed E-state index contributed by atoms with van der Waals surface area (Å²) in [6, 6.07) is 0. The fourth-order valence-corrected chi connectivity index (χ4v) is 16.5. The average Bonchev–Trinajstić information content (AvgIpc) is 0.766. The summed E-state index contributed by atoms with van der Waals surface area (Å²) in [4.78, 5) is 28.0. The molecule has 2 aliphatic heterocycles. The molecule has 2 amide bonds. The highest BCUT2D eigenvalue weighted by molar-refractivity contribution is 7.84. The molecule has 0 aromatic carbocycles. The van der Waals surface area contributed by atoms with Gasteiger partial charge in [-0.15, -0.1) is 0 Å². The molecule has 2 saturated heterocycles. The first-order valence-corrected chi connectivity index (χ1v) is 51.1. The van der Waals surface area contributed by atoms with Crippen molar-refractivity contribution in [1.29, 1.82) is 0 Å². The number of carbonyl (C=O) groups is 2. The Morgan fingerprint density at radius 1 is 0.256 bits per heavy atom. The molecule has 0 aromatic heterocycles. The molecule has 2 aliphatic rings. The predicted molar refractivity (Wildman–Crippen MR) is 352 cm³/mol. The molecule has 0 aliphatic carbocycles. The van der Waals surface area contributed by atoms with Crippen molar-refractivity contribution in [2.75, 3.05) is 39.5 Å².